The van der Waals surface area contributed by atoms with Crippen LogP contribution in [-0.2, 0) is 9.84 Å². The average Bonchev–Trinajstić information content (AvgIpc) is 2.98. The van der Waals surface area contributed by atoms with E-state index in [2.05, 4.69) is 4.98 Å². The summed E-state index contributed by atoms with van der Waals surface area (Å²) >= 11 is 0. The van der Waals surface area contributed by atoms with Crippen LogP contribution in [0.25, 0.3) is 10.9 Å². The topological polar surface area (TPSA) is 70.2 Å². The average molecular weight is 346 g/mol. The number of rotatable bonds is 3. The molecule has 1 amide bonds. The first-order valence-electron chi connectivity index (χ1n) is 8.65. The van der Waals surface area contributed by atoms with Crippen LogP contribution in [0.4, 0.5) is 0 Å². The highest BCUT2D eigenvalue weighted by molar-refractivity contribution is 7.92. The minimum absolute atomic E-state index is 0.0810. The van der Waals surface area contributed by atoms with E-state index in [1.165, 1.54) is 0 Å². The van der Waals surface area contributed by atoms with Gasteiger partial charge in [-0.3, -0.25) is 4.79 Å². The first-order chi connectivity index (χ1) is 11.6. The molecule has 6 heteroatoms. The van der Waals surface area contributed by atoms with E-state index in [4.69, 9.17) is 0 Å². The maximum absolute atomic E-state index is 12.7. The van der Waals surface area contributed by atoms with Crippen molar-refractivity contribution >= 4 is 26.6 Å². The van der Waals surface area contributed by atoms with E-state index in [-0.39, 0.29) is 16.4 Å². The second-order valence-electron chi connectivity index (χ2n) is 6.93. The first kappa shape index (κ1) is 15.7. The number of carbonyl (C=O) groups is 1. The van der Waals surface area contributed by atoms with Gasteiger partial charge < -0.3 is 9.88 Å². The molecule has 0 atom stereocenters. The minimum atomic E-state index is -3.10. The maximum Gasteiger partial charge on any atom is 0.256 e. The number of hydrogen-bond acceptors (Lipinski definition) is 3. The van der Waals surface area contributed by atoms with Gasteiger partial charge in [-0.1, -0.05) is 37.5 Å². The zero-order valence-electron chi connectivity index (χ0n) is 13.6. The van der Waals surface area contributed by atoms with Crippen molar-refractivity contribution in [1.82, 2.24) is 9.88 Å². The number of benzene rings is 1. The van der Waals surface area contributed by atoms with Crippen molar-refractivity contribution in [1.29, 1.82) is 0 Å². The summed E-state index contributed by atoms with van der Waals surface area (Å²) in [4.78, 5) is 17.4. The molecule has 1 aliphatic heterocycles. The van der Waals surface area contributed by atoms with Gasteiger partial charge in [-0.05, 0) is 18.9 Å². The van der Waals surface area contributed by atoms with E-state index in [1.807, 2.05) is 24.3 Å². The minimum Gasteiger partial charge on any atom is -0.360 e. The first-order valence-corrected chi connectivity index (χ1v) is 10.3. The number of nitrogens with one attached hydrogen (secondary N) is 1. The van der Waals surface area contributed by atoms with E-state index >= 15 is 0 Å². The van der Waals surface area contributed by atoms with Crippen LogP contribution >= 0.6 is 0 Å². The van der Waals surface area contributed by atoms with Crippen molar-refractivity contribution in [2.45, 2.75) is 42.6 Å². The van der Waals surface area contributed by atoms with Crippen molar-refractivity contribution < 1.29 is 13.2 Å². The molecule has 2 heterocycles. The number of para-hydroxylation sites is 1. The van der Waals surface area contributed by atoms with Crippen molar-refractivity contribution in [3.8, 4) is 0 Å². The van der Waals surface area contributed by atoms with E-state index in [9.17, 15) is 13.2 Å². The quantitative estimate of drug-likeness (QED) is 0.929. The van der Waals surface area contributed by atoms with Crippen molar-refractivity contribution in [3.05, 3.63) is 36.0 Å². The highest BCUT2D eigenvalue weighted by Gasteiger charge is 2.44. The van der Waals surface area contributed by atoms with Crippen LogP contribution in [-0.4, -0.2) is 47.8 Å². The molecule has 2 aliphatic rings. The monoisotopic (exact) mass is 346 g/mol. The SMILES string of the molecule is O=C(c1c[nH]c2ccccc12)N1CC(S(=O)(=O)C2CCCCC2)C1. The smallest absolute Gasteiger partial charge is 0.256 e. The van der Waals surface area contributed by atoms with Gasteiger partial charge in [0, 0.05) is 30.2 Å². The largest absolute Gasteiger partial charge is 0.360 e. The molecule has 1 aliphatic carbocycles. The van der Waals surface area contributed by atoms with Gasteiger partial charge in [-0.25, -0.2) is 8.42 Å². The van der Waals surface area contributed by atoms with Crippen LogP contribution in [0.1, 0.15) is 42.5 Å². The number of aromatic amines is 1. The summed E-state index contributed by atoms with van der Waals surface area (Å²) in [7, 11) is -3.10. The predicted octanol–water partition coefficient (Wildman–Crippen LogP) is 2.74. The van der Waals surface area contributed by atoms with Crippen LogP contribution in [0.15, 0.2) is 30.5 Å². The van der Waals surface area contributed by atoms with E-state index in [1.54, 1.807) is 11.1 Å². The van der Waals surface area contributed by atoms with Gasteiger partial charge in [-0.15, -0.1) is 0 Å². The number of likely N-dealkylation sites (tertiary alicyclic amines) is 1. The Hall–Kier alpha value is -1.82. The van der Waals surface area contributed by atoms with Crippen LogP contribution in [0, 0.1) is 0 Å². The Bertz CT molecular complexity index is 859. The second kappa shape index (κ2) is 5.92. The summed E-state index contributed by atoms with van der Waals surface area (Å²) in [5.74, 6) is -0.0810. The molecule has 2 aromatic rings. The predicted molar refractivity (Wildman–Crippen MR) is 93.8 cm³/mol. The lowest BCUT2D eigenvalue weighted by Crippen LogP contribution is -2.58. The molecular weight excluding hydrogens is 324 g/mol. The zero-order chi connectivity index (χ0) is 16.7. The number of nitrogens with zero attached hydrogens (tertiary/aromatic N) is 1. The number of sulfone groups is 1. The molecule has 4 rings (SSSR count). The van der Waals surface area contributed by atoms with Gasteiger partial charge in [0.15, 0.2) is 9.84 Å². The Labute approximate surface area is 142 Å². The maximum atomic E-state index is 12.7. The van der Waals surface area contributed by atoms with E-state index in [0.29, 0.717) is 18.7 Å². The second-order valence-corrected chi connectivity index (χ2v) is 9.44. The molecule has 1 saturated heterocycles. The summed E-state index contributed by atoms with van der Waals surface area (Å²) in [6, 6.07) is 7.66. The van der Waals surface area contributed by atoms with Crippen molar-refractivity contribution in [2.75, 3.05) is 13.1 Å². The third kappa shape index (κ3) is 2.53. The highest BCUT2D eigenvalue weighted by Crippen LogP contribution is 2.31. The third-order valence-electron chi connectivity index (χ3n) is 5.44. The van der Waals surface area contributed by atoms with Crippen molar-refractivity contribution in [2.24, 2.45) is 0 Å². The molecule has 0 unspecified atom stereocenters. The standard InChI is InChI=1S/C18H22N2O3S/c21-18(16-10-19-17-9-5-4-8-15(16)17)20-11-14(12-20)24(22,23)13-6-2-1-3-7-13/h4-5,8-10,13-14,19H,1-3,6-7,11-12H2. The number of fused-ring (bicyclic) bond motifs is 1. The van der Waals surface area contributed by atoms with Gasteiger partial charge in [0.05, 0.1) is 16.1 Å². The van der Waals surface area contributed by atoms with Gasteiger partial charge in [0.1, 0.15) is 0 Å². The number of hydrogen-bond donors (Lipinski definition) is 1. The Morgan fingerprint density at radius 1 is 1.04 bits per heavy atom. The van der Waals surface area contributed by atoms with Crippen LogP contribution in [0.3, 0.4) is 0 Å². The molecule has 0 radical (unpaired) electrons. The molecule has 24 heavy (non-hydrogen) atoms. The molecule has 0 bridgehead atoms. The molecule has 5 nitrogen and oxygen atoms in total. The van der Waals surface area contributed by atoms with Gasteiger partial charge >= 0.3 is 0 Å². The summed E-state index contributed by atoms with van der Waals surface area (Å²) in [5.41, 5.74) is 1.55. The van der Waals surface area contributed by atoms with Gasteiger partial charge in [-0.2, -0.15) is 0 Å². The highest BCUT2D eigenvalue weighted by atomic mass is 32.2. The van der Waals surface area contributed by atoms with Crippen LogP contribution in [0.2, 0.25) is 0 Å². The molecule has 1 saturated carbocycles. The summed E-state index contributed by atoms with van der Waals surface area (Å²) < 4.78 is 25.4. The molecule has 1 aromatic heterocycles. The van der Waals surface area contributed by atoms with Gasteiger partial charge in [0.25, 0.3) is 5.91 Å². The molecule has 2 fully saturated rings. The number of H-pyrrole nitrogens is 1. The fourth-order valence-electron chi connectivity index (χ4n) is 3.90. The lowest BCUT2D eigenvalue weighted by Gasteiger charge is -2.40. The summed E-state index contributed by atoms with van der Waals surface area (Å²) in [6.07, 6.45) is 6.45. The zero-order valence-corrected chi connectivity index (χ0v) is 14.4. The fraction of sp³-hybridized carbons (Fsp3) is 0.500. The fourth-order valence-corrected chi connectivity index (χ4v) is 6.21. The summed E-state index contributed by atoms with van der Waals surface area (Å²) in [6.45, 7) is 0.661. The number of amides is 1. The third-order valence-corrected chi connectivity index (χ3v) is 8.06. The van der Waals surface area contributed by atoms with E-state index < -0.39 is 9.84 Å². The number of aromatic nitrogens is 1. The van der Waals surface area contributed by atoms with Crippen molar-refractivity contribution in [3.63, 3.8) is 0 Å². The van der Waals surface area contributed by atoms with Crippen LogP contribution < -0.4 is 0 Å². The summed E-state index contributed by atoms with van der Waals surface area (Å²) in [5, 5.41) is 0.317. The van der Waals surface area contributed by atoms with E-state index in [0.717, 1.165) is 43.0 Å². The lowest BCUT2D eigenvalue weighted by molar-refractivity contribution is 0.0660. The molecule has 1 aromatic carbocycles. The number of carbonyl (C=O) groups excluding carboxylic acids is 1. The Morgan fingerprint density at radius 2 is 1.75 bits per heavy atom. The molecule has 1 N–H and O–H groups in total. The molecule has 0 spiro atoms. The normalized spacial score (nSPS) is 20.2. The molecule has 128 valence electrons. The molecular formula is C18H22N2O3S. The van der Waals surface area contributed by atoms with Crippen LogP contribution in [0.5, 0.6) is 0 Å². The lowest BCUT2D eigenvalue weighted by atomic mass is 10.0. The van der Waals surface area contributed by atoms with Gasteiger partial charge in [0.2, 0.25) is 0 Å². The Balaban J connectivity index is 1.46. The Kier molecular flexibility index (Phi) is 3.87. The Morgan fingerprint density at radius 3 is 2.50 bits per heavy atom.